The van der Waals surface area contributed by atoms with E-state index in [4.69, 9.17) is 9.84 Å². The molecule has 10 heteroatoms. The van der Waals surface area contributed by atoms with Crippen LogP contribution in [0, 0.1) is 10.1 Å². The Balaban J connectivity index is 3.14. The minimum atomic E-state index is -4.95. The fraction of sp³-hybridized carbons (Fsp3) is 0.364. The number of non-ortho nitro benzene ring substituents is 1. The van der Waals surface area contributed by atoms with Crippen molar-refractivity contribution in [2.45, 2.75) is 18.7 Å². The summed E-state index contributed by atoms with van der Waals surface area (Å²) in [5, 5.41) is 19.1. The van der Waals surface area contributed by atoms with Crippen LogP contribution < -0.4 is 9.47 Å². The SMILES string of the molecule is COc1ccc([N+](=O)[O-])cc1OC(CC(=O)O)C(F)(F)F. The van der Waals surface area contributed by atoms with Crippen LogP contribution in [0.25, 0.3) is 0 Å². The first kappa shape index (κ1) is 16.5. The van der Waals surface area contributed by atoms with E-state index in [0.29, 0.717) is 0 Å². The topological polar surface area (TPSA) is 98.9 Å². The molecule has 0 heterocycles. The Kier molecular flexibility index (Phi) is 4.95. The molecule has 0 spiro atoms. The quantitative estimate of drug-likeness (QED) is 0.640. The lowest BCUT2D eigenvalue weighted by Gasteiger charge is -2.21. The van der Waals surface area contributed by atoms with E-state index in [2.05, 4.69) is 4.74 Å². The number of carboxylic acid groups (broad SMARTS) is 1. The highest BCUT2D eigenvalue weighted by Crippen LogP contribution is 2.35. The maximum Gasteiger partial charge on any atom is 0.426 e. The summed E-state index contributed by atoms with van der Waals surface area (Å²) in [6.07, 6.45) is -8.94. The second-order valence-corrected chi connectivity index (χ2v) is 3.84. The molecule has 0 radical (unpaired) electrons. The molecule has 1 aromatic rings. The highest BCUT2D eigenvalue weighted by molar-refractivity contribution is 5.67. The second kappa shape index (κ2) is 6.29. The number of benzene rings is 1. The summed E-state index contributed by atoms with van der Waals surface area (Å²) in [5.41, 5.74) is -0.512. The highest BCUT2D eigenvalue weighted by atomic mass is 19.4. The Morgan fingerprint density at radius 3 is 2.48 bits per heavy atom. The number of ether oxygens (including phenoxy) is 2. The van der Waals surface area contributed by atoms with Gasteiger partial charge in [-0.1, -0.05) is 0 Å². The lowest BCUT2D eigenvalue weighted by atomic mass is 10.2. The molecule has 1 atom stereocenters. The number of carboxylic acids is 1. The predicted molar refractivity (Wildman–Crippen MR) is 62.4 cm³/mol. The van der Waals surface area contributed by atoms with E-state index in [1.165, 1.54) is 0 Å². The number of rotatable bonds is 6. The summed E-state index contributed by atoms with van der Waals surface area (Å²) in [7, 11) is 1.13. The molecule has 0 fully saturated rings. The molecule has 0 aromatic heterocycles. The Hall–Kier alpha value is -2.52. The molecule has 7 nitrogen and oxygen atoms in total. The van der Waals surface area contributed by atoms with Crippen molar-refractivity contribution in [3.05, 3.63) is 28.3 Å². The Morgan fingerprint density at radius 1 is 1.43 bits per heavy atom. The number of halogens is 3. The zero-order chi connectivity index (χ0) is 16.2. The average Bonchev–Trinajstić information content (AvgIpc) is 2.36. The molecule has 116 valence electrons. The van der Waals surface area contributed by atoms with Crippen LogP contribution in [0.2, 0.25) is 0 Å². The van der Waals surface area contributed by atoms with Crippen LogP contribution in [-0.2, 0) is 4.79 Å². The van der Waals surface area contributed by atoms with Crippen molar-refractivity contribution in [3.8, 4) is 11.5 Å². The fourth-order valence-corrected chi connectivity index (χ4v) is 1.41. The Morgan fingerprint density at radius 2 is 2.05 bits per heavy atom. The van der Waals surface area contributed by atoms with Gasteiger partial charge in [-0.2, -0.15) is 13.2 Å². The largest absolute Gasteiger partial charge is 0.493 e. The van der Waals surface area contributed by atoms with Gasteiger partial charge in [0.15, 0.2) is 11.5 Å². The van der Waals surface area contributed by atoms with Crippen LogP contribution in [-0.4, -0.2) is 35.4 Å². The van der Waals surface area contributed by atoms with E-state index in [9.17, 15) is 28.1 Å². The minimum absolute atomic E-state index is 0.180. The Bertz CT molecular complexity index is 545. The van der Waals surface area contributed by atoms with E-state index in [0.717, 1.165) is 25.3 Å². The van der Waals surface area contributed by atoms with Gasteiger partial charge in [-0.3, -0.25) is 14.9 Å². The van der Waals surface area contributed by atoms with E-state index in [1.54, 1.807) is 0 Å². The molecule has 0 saturated carbocycles. The van der Waals surface area contributed by atoms with Crippen molar-refractivity contribution in [2.24, 2.45) is 0 Å². The first-order chi connectivity index (χ1) is 9.65. The lowest BCUT2D eigenvalue weighted by Crippen LogP contribution is -2.36. The molecular weight excluding hydrogens is 299 g/mol. The zero-order valence-corrected chi connectivity index (χ0v) is 10.6. The van der Waals surface area contributed by atoms with Gasteiger partial charge in [-0.05, 0) is 6.07 Å². The smallest absolute Gasteiger partial charge is 0.426 e. The van der Waals surface area contributed by atoms with Gasteiger partial charge in [0.25, 0.3) is 5.69 Å². The van der Waals surface area contributed by atoms with Gasteiger partial charge in [0.05, 0.1) is 24.5 Å². The summed E-state index contributed by atoms with van der Waals surface area (Å²) in [5.74, 6) is -2.46. The van der Waals surface area contributed by atoms with Crippen molar-refractivity contribution in [1.82, 2.24) is 0 Å². The van der Waals surface area contributed by atoms with Crippen LogP contribution in [0.4, 0.5) is 18.9 Å². The van der Waals surface area contributed by atoms with E-state index in [-0.39, 0.29) is 5.75 Å². The monoisotopic (exact) mass is 309 g/mol. The number of hydrogen-bond donors (Lipinski definition) is 1. The first-order valence-electron chi connectivity index (χ1n) is 5.42. The number of nitro benzene ring substituents is 1. The summed E-state index contributed by atoms with van der Waals surface area (Å²) >= 11 is 0. The minimum Gasteiger partial charge on any atom is -0.493 e. The van der Waals surface area contributed by atoms with Gasteiger partial charge in [-0.15, -0.1) is 0 Å². The maximum absolute atomic E-state index is 12.7. The number of nitrogens with zero attached hydrogens (tertiary/aromatic N) is 1. The molecule has 1 rings (SSSR count). The third-order valence-electron chi connectivity index (χ3n) is 2.35. The average molecular weight is 309 g/mol. The molecular formula is C11H10F3NO6. The van der Waals surface area contributed by atoms with Crippen LogP contribution >= 0.6 is 0 Å². The molecule has 0 aliphatic heterocycles. The highest BCUT2D eigenvalue weighted by Gasteiger charge is 2.43. The molecule has 0 aliphatic rings. The van der Waals surface area contributed by atoms with E-state index >= 15 is 0 Å². The molecule has 1 aromatic carbocycles. The van der Waals surface area contributed by atoms with Gasteiger partial charge in [0, 0.05) is 6.07 Å². The molecule has 0 saturated heterocycles. The van der Waals surface area contributed by atoms with Gasteiger partial charge < -0.3 is 14.6 Å². The number of nitro groups is 1. The second-order valence-electron chi connectivity index (χ2n) is 3.84. The maximum atomic E-state index is 12.7. The number of aliphatic carboxylic acids is 1. The number of hydrogen-bond acceptors (Lipinski definition) is 5. The van der Waals surface area contributed by atoms with Crippen molar-refractivity contribution < 1.29 is 37.5 Å². The van der Waals surface area contributed by atoms with E-state index in [1.807, 2.05) is 0 Å². The van der Waals surface area contributed by atoms with E-state index < -0.39 is 41.0 Å². The first-order valence-corrected chi connectivity index (χ1v) is 5.42. The number of alkyl halides is 3. The normalized spacial score (nSPS) is 12.6. The zero-order valence-electron chi connectivity index (χ0n) is 10.6. The molecule has 0 amide bonds. The van der Waals surface area contributed by atoms with Crippen LogP contribution in [0.5, 0.6) is 11.5 Å². The van der Waals surface area contributed by atoms with Crippen LogP contribution in [0.15, 0.2) is 18.2 Å². The van der Waals surface area contributed by atoms with Gasteiger partial charge in [-0.25, -0.2) is 0 Å². The summed E-state index contributed by atoms with van der Waals surface area (Å²) in [6, 6.07) is 2.81. The summed E-state index contributed by atoms with van der Waals surface area (Å²) in [6.45, 7) is 0. The molecule has 0 aliphatic carbocycles. The Labute approximate surface area is 116 Å². The third-order valence-corrected chi connectivity index (χ3v) is 2.35. The molecule has 0 bridgehead atoms. The van der Waals surface area contributed by atoms with Gasteiger partial charge in [0.1, 0.15) is 0 Å². The predicted octanol–water partition coefficient (Wildman–Crippen LogP) is 2.39. The van der Waals surface area contributed by atoms with Gasteiger partial charge >= 0.3 is 12.1 Å². The van der Waals surface area contributed by atoms with Gasteiger partial charge in [0.2, 0.25) is 6.10 Å². The third kappa shape index (κ3) is 4.51. The van der Waals surface area contributed by atoms with Crippen molar-refractivity contribution in [1.29, 1.82) is 0 Å². The standard InChI is InChI=1S/C11H10F3NO6/c1-20-7-3-2-6(15(18)19)4-8(7)21-9(5-10(16)17)11(12,13)14/h2-4,9H,5H2,1H3,(H,16,17). The van der Waals surface area contributed by atoms with Crippen LogP contribution in [0.1, 0.15) is 6.42 Å². The molecule has 1 unspecified atom stereocenters. The number of carbonyl (C=O) groups is 1. The number of methoxy groups -OCH3 is 1. The fourth-order valence-electron chi connectivity index (χ4n) is 1.41. The summed E-state index contributed by atoms with van der Waals surface area (Å²) < 4.78 is 47.4. The lowest BCUT2D eigenvalue weighted by molar-refractivity contribution is -0.385. The van der Waals surface area contributed by atoms with Crippen molar-refractivity contribution in [3.63, 3.8) is 0 Å². The molecule has 1 N–H and O–H groups in total. The molecule has 21 heavy (non-hydrogen) atoms. The summed E-state index contributed by atoms with van der Waals surface area (Å²) in [4.78, 5) is 20.2. The van der Waals surface area contributed by atoms with Crippen molar-refractivity contribution >= 4 is 11.7 Å². The van der Waals surface area contributed by atoms with Crippen LogP contribution in [0.3, 0.4) is 0 Å². The van der Waals surface area contributed by atoms with Crippen molar-refractivity contribution in [2.75, 3.05) is 7.11 Å².